The van der Waals surface area contributed by atoms with Crippen LogP contribution in [0.4, 0.5) is 0 Å². The van der Waals surface area contributed by atoms with E-state index in [1.165, 1.54) is 36.0 Å². The first-order valence-corrected chi connectivity index (χ1v) is 8.97. The van der Waals surface area contributed by atoms with Crippen LogP contribution in [0.1, 0.15) is 73.0 Å². The first-order valence-electron chi connectivity index (χ1n) is 8.18. The van der Waals surface area contributed by atoms with Gasteiger partial charge in [0.15, 0.2) is 5.78 Å². The quantitative estimate of drug-likeness (QED) is 0.721. The number of hydrogen-bond donors (Lipinski definition) is 0. The van der Waals surface area contributed by atoms with Crippen LogP contribution in [0.5, 0.6) is 0 Å². The van der Waals surface area contributed by atoms with E-state index in [1.54, 1.807) is 0 Å². The topological polar surface area (TPSA) is 20.3 Å². The highest BCUT2D eigenvalue weighted by atomic mass is 79.9. The van der Waals surface area contributed by atoms with Crippen LogP contribution in [0.15, 0.2) is 10.5 Å². The van der Waals surface area contributed by atoms with Crippen LogP contribution >= 0.6 is 15.9 Å². The minimum atomic E-state index is 0.370. The Morgan fingerprint density at radius 1 is 1.05 bits per heavy atom. The van der Waals surface area contributed by atoms with Crippen LogP contribution in [0.25, 0.3) is 0 Å². The Morgan fingerprint density at radius 2 is 1.76 bits per heavy atom. The van der Waals surface area contributed by atoms with Gasteiger partial charge in [-0.05, 0) is 55.9 Å². The molecule has 0 amide bonds. The molecule has 0 unspecified atom stereocenters. The first-order chi connectivity index (χ1) is 10.1. The molecule has 3 heteroatoms. The molecule has 0 fully saturated rings. The molecule has 1 aliphatic heterocycles. The number of ketones is 1. The summed E-state index contributed by atoms with van der Waals surface area (Å²) in [6.45, 7) is 6.38. The molecule has 0 atom stereocenters. The Balaban J connectivity index is 2.08. The largest absolute Gasteiger partial charge is 0.294 e. The van der Waals surface area contributed by atoms with Crippen LogP contribution in [0.3, 0.4) is 0 Å². The number of fused-ring (bicyclic) bond motifs is 3. The van der Waals surface area contributed by atoms with E-state index in [0.29, 0.717) is 11.8 Å². The van der Waals surface area contributed by atoms with Gasteiger partial charge >= 0.3 is 0 Å². The Hall–Kier alpha value is -0.670. The summed E-state index contributed by atoms with van der Waals surface area (Å²) in [6, 6.07) is 2.79. The summed E-state index contributed by atoms with van der Waals surface area (Å²) in [6.07, 6.45) is 6.44. The van der Waals surface area contributed by atoms with Crippen molar-refractivity contribution in [2.45, 2.75) is 71.5 Å². The van der Waals surface area contributed by atoms with E-state index in [9.17, 15) is 4.79 Å². The molecule has 2 nitrogen and oxygen atoms in total. The summed E-state index contributed by atoms with van der Waals surface area (Å²) in [5.74, 6) is 0.370. The zero-order valence-electron chi connectivity index (χ0n) is 13.0. The van der Waals surface area contributed by atoms with Crippen LogP contribution < -0.4 is 0 Å². The van der Waals surface area contributed by atoms with E-state index in [2.05, 4.69) is 40.7 Å². The number of rotatable bonds is 1. The number of Topliss-reactive ketones (excluding diaryl/α,β-unsaturated/α-hetero) is 1. The van der Waals surface area contributed by atoms with Gasteiger partial charge in [-0.3, -0.25) is 9.69 Å². The van der Waals surface area contributed by atoms with E-state index in [0.717, 1.165) is 42.4 Å². The monoisotopic (exact) mass is 349 g/mol. The third kappa shape index (κ3) is 2.95. The fourth-order valence-corrected chi connectivity index (χ4v) is 4.27. The molecule has 1 aromatic carbocycles. The number of hydrogen-bond acceptors (Lipinski definition) is 2. The molecule has 0 saturated heterocycles. The molecule has 0 aromatic heterocycles. The third-order valence-corrected chi connectivity index (χ3v) is 5.61. The zero-order valence-corrected chi connectivity index (χ0v) is 14.6. The lowest BCUT2D eigenvalue weighted by molar-refractivity contribution is 0.0977. The minimum Gasteiger partial charge on any atom is -0.294 e. The van der Waals surface area contributed by atoms with E-state index >= 15 is 0 Å². The SMILES string of the molecule is CC(C)N1Cc2cc(Br)c3c(c2C1)C(=O)CCCCCC3. The minimum absolute atomic E-state index is 0.370. The van der Waals surface area contributed by atoms with Crippen molar-refractivity contribution in [3.8, 4) is 0 Å². The average molecular weight is 350 g/mol. The van der Waals surface area contributed by atoms with Gasteiger partial charge in [-0.2, -0.15) is 0 Å². The second kappa shape index (κ2) is 6.21. The standard InChI is InChI=1S/C18H24BrNO/c1-12(2)20-10-13-9-16(19)14-7-5-3-4-6-8-17(21)18(14)15(13)11-20/h9,12H,3-8,10-11H2,1-2H3. The maximum absolute atomic E-state index is 12.8. The van der Waals surface area contributed by atoms with Gasteiger partial charge in [0.25, 0.3) is 0 Å². The van der Waals surface area contributed by atoms with E-state index < -0.39 is 0 Å². The molecule has 1 heterocycles. The van der Waals surface area contributed by atoms with Crippen molar-refractivity contribution in [3.05, 3.63) is 32.8 Å². The van der Waals surface area contributed by atoms with Gasteiger partial charge in [-0.1, -0.05) is 28.8 Å². The van der Waals surface area contributed by atoms with Gasteiger partial charge in [0.05, 0.1) is 0 Å². The van der Waals surface area contributed by atoms with Gasteiger partial charge < -0.3 is 0 Å². The highest BCUT2D eigenvalue weighted by molar-refractivity contribution is 9.10. The molecule has 21 heavy (non-hydrogen) atoms. The summed E-state index contributed by atoms with van der Waals surface area (Å²) >= 11 is 3.74. The van der Waals surface area contributed by atoms with Gasteiger partial charge in [0.2, 0.25) is 0 Å². The van der Waals surface area contributed by atoms with Crippen molar-refractivity contribution in [1.82, 2.24) is 4.90 Å². The van der Waals surface area contributed by atoms with Crippen molar-refractivity contribution in [2.75, 3.05) is 0 Å². The van der Waals surface area contributed by atoms with Crippen molar-refractivity contribution < 1.29 is 4.79 Å². The van der Waals surface area contributed by atoms with Crippen LogP contribution in [0, 0.1) is 0 Å². The number of halogens is 1. The average Bonchev–Trinajstić information content (AvgIpc) is 2.87. The van der Waals surface area contributed by atoms with Crippen LogP contribution in [0.2, 0.25) is 0 Å². The molecule has 1 aromatic rings. The first kappa shape index (κ1) is 15.2. The summed E-state index contributed by atoms with van der Waals surface area (Å²) in [7, 11) is 0. The van der Waals surface area contributed by atoms with Crippen molar-refractivity contribution in [1.29, 1.82) is 0 Å². The lowest BCUT2D eigenvalue weighted by Crippen LogP contribution is -2.24. The van der Waals surface area contributed by atoms with Crippen molar-refractivity contribution in [2.24, 2.45) is 0 Å². The molecular formula is C18H24BrNO. The number of nitrogens with zero attached hydrogens (tertiary/aromatic N) is 1. The molecule has 2 aliphatic rings. The predicted octanol–water partition coefficient (Wildman–Crippen LogP) is 4.86. The summed E-state index contributed by atoms with van der Waals surface area (Å²) in [5.41, 5.74) is 4.99. The summed E-state index contributed by atoms with van der Waals surface area (Å²) < 4.78 is 1.15. The van der Waals surface area contributed by atoms with Gasteiger partial charge in [-0.25, -0.2) is 0 Å². The molecule has 0 bridgehead atoms. The molecule has 0 spiro atoms. The summed E-state index contributed by atoms with van der Waals surface area (Å²) in [5, 5.41) is 0. The van der Waals surface area contributed by atoms with Gasteiger partial charge in [0.1, 0.15) is 0 Å². The zero-order chi connectivity index (χ0) is 15.0. The van der Waals surface area contributed by atoms with Crippen LogP contribution in [-0.2, 0) is 19.5 Å². The second-order valence-corrected chi connectivity index (χ2v) is 7.54. The maximum atomic E-state index is 12.8. The highest BCUT2D eigenvalue weighted by Gasteiger charge is 2.29. The Kier molecular flexibility index (Phi) is 4.51. The Bertz CT molecular complexity index is 565. The lowest BCUT2D eigenvalue weighted by atomic mass is 9.91. The number of carbonyl (C=O) groups is 1. The molecule has 1 aliphatic carbocycles. The van der Waals surface area contributed by atoms with Gasteiger partial charge in [-0.15, -0.1) is 0 Å². The van der Waals surface area contributed by atoms with Gasteiger partial charge in [0, 0.05) is 35.6 Å². The Labute approximate surface area is 136 Å². The van der Waals surface area contributed by atoms with Crippen molar-refractivity contribution in [3.63, 3.8) is 0 Å². The normalized spacial score (nSPS) is 19.9. The number of benzene rings is 1. The highest BCUT2D eigenvalue weighted by Crippen LogP contribution is 2.36. The molecule has 0 saturated carbocycles. The maximum Gasteiger partial charge on any atom is 0.163 e. The fraction of sp³-hybridized carbons (Fsp3) is 0.611. The third-order valence-electron chi connectivity index (χ3n) is 4.90. The van der Waals surface area contributed by atoms with E-state index in [-0.39, 0.29) is 0 Å². The Morgan fingerprint density at radius 3 is 2.48 bits per heavy atom. The fourth-order valence-electron chi connectivity index (χ4n) is 3.60. The summed E-state index contributed by atoms with van der Waals surface area (Å²) in [4.78, 5) is 15.2. The van der Waals surface area contributed by atoms with E-state index in [4.69, 9.17) is 0 Å². The smallest absolute Gasteiger partial charge is 0.163 e. The lowest BCUT2D eigenvalue weighted by Gasteiger charge is -2.19. The van der Waals surface area contributed by atoms with Crippen LogP contribution in [-0.4, -0.2) is 16.7 Å². The number of carbonyl (C=O) groups excluding carboxylic acids is 1. The molecule has 114 valence electrons. The van der Waals surface area contributed by atoms with Crippen molar-refractivity contribution >= 4 is 21.7 Å². The second-order valence-electron chi connectivity index (χ2n) is 6.69. The van der Waals surface area contributed by atoms with E-state index in [1.807, 2.05) is 0 Å². The molecule has 0 radical (unpaired) electrons. The molecule has 0 N–H and O–H groups in total. The predicted molar refractivity (Wildman–Crippen MR) is 89.6 cm³/mol. The molecular weight excluding hydrogens is 326 g/mol. The molecule has 3 rings (SSSR count).